The van der Waals surface area contributed by atoms with E-state index in [1.54, 1.807) is 6.07 Å². The van der Waals surface area contributed by atoms with E-state index in [0.29, 0.717) is 11.4 Å². The van der Waals surface area contributed by atoms with Crippen molar-refractivity contribution in [2.24, 2.45) is 5.73 Å². The highest BCUT2D eigenvalue weighted by Crippen LogP contribution is 2.17. The van der Waals surface area contributed by atoms with E-state index in [-0.39, 0.29) is 5.91 Å². The van der Waals surface area contributed by atoms with Gasteiger partial charge >= 0.3 is 0 Å². The molecule has 0 bridgehead atoms. The second-order valence-electron chi connectivity index (χ2n) is 3.30. The molecule has 3 N–H and O–H groups in total. The second kappa shape index (κ2) is 4.89. The average Bonchev–Trinajstić information content (AvgIpc) is 2.20. The summed E-state index contributed by atoms with van der Waals surface area (Å²) < 4.78 is 0. The average molecular weight is 222 g/mol. The lowest BCUT2D eigenvalue weighted by Crippen LogP contribution is -2.13. The molecule has 0 aromatic heterocycles. The molecule has 0 aliphatic carbocycles. The third-order valence-electron chi connectivity index (χ3n) is 2.12. The largest absolute Gasteiger partial charge is 0.389 e. The molecule has 0 spiro atoms. The Morgan fingerprint density at radius 1 is 1.53 bits per heavy atom. The van der Waals surface area contributed by atoms with Crippen LogP contribution in [0.15, 0.2) is 18.2 Å². The predicted molar refractivity (Wildman–Crippen MR) is 66.0 cm³/mol. The maximum atomic E-state index is 11.2. The SMILES string of the molecule is CCC(=O)Nc1cc(C(N)=S)ccc1C. The van der Waals surface area contributed by atoms with Gasteiger partial charge in [0, 0.05) is 17.7 Å². The Labute approximate surface area is 94.7 Å². The van der Waals surface area contributed by atoms with E-state index in [4.69, 9.17) is 18.0 Å². The number of nitrogens with one attached hydrogen (secondary N) is 1. The number of thiocarbonyl (C=S) groups is 1. The van der Waals surface area contributed by atoms with E-state index in [9.17, 15) is 4.79 Å². The number of benzene rings is 1. The number of hydrogen-bond donors (Lipinski definition) is 2. The minimum Gasteiger partial charge on any atom is -0.389 e. The Bertz CT molecular complexity index is 402. The van der Waals surface area contributed by atoms with Gasteiger partial charge in [0.15, 0.2) is 0 Å². The molecular formula is C11H14N2OS. The summed E-state index contributed by atoms with van der Waals surface area (Å²) in [7, 11) is 0. The van der Waals surface area contributed by atoms with Crippen LogP contribution in [0.25, 0.3) is 0 Å². The van der Waals surface area contributed by atoms with E-state index in [0.717, 1.165) is 16.8 Å². The van der Waals surface area contributed by atoms with E-state index >= 15 is 0 Å². The number of amides is 1. The highest BCUT2D eigenvalue weighted by molar-refractivity contribution is 7.80. The fourth-order valence-electron chi connectivity index (χ4n) is 1.15. The molecule has 1 rings (SSSR count). The first-order valence-corrected chi connectivity index (χ1v) is 5.15. The Morgan fingerprint density at radius 2 is 2.20 bits per heavy atom. The van der Waals surface area contributed by atoms with Crippen LogP contribution in [0.5, 0.6) is 0 Å². The number of aryl methyl sites for hydroxylation is 1. The van der Waals surface area contributed by atoms with Crippen LogP contribution in [0, 0.1) is 6.92 Å². The number of anilines is 1. The van der Waals surface area contributed by atoms with Crippen LogP contribution >= 0.6 is 12.2 Å². The van der Waals surface area contributed by atoms with Gasteiger partial charge in [0.05, 0.1) is 0 Å². The van der Waals surface area contributed by atoms with Gasteiger partial charge in [-0.1, -0.05) is 31.3 Å². The lowest BCUT2D eigenvalue weighted by atomic mass is 10.1. The van der Waals surface area contributed by atoms with Crippen molar-refractivity contribution in [3.8, 4) is 0 Å². The van der Waals surface area contributed by atoms with Crippen molar-refractivity contribution in [1.82, 2.24) is 0 Å². The third kappa shape index (κ3) is 3.02. The normalized spacial score (nSPS) is 9.73. The highest BCUT2D eigenvalue weighted by atomic mass is 32.1. The molecular weight excluding hydrogens is 208 g/mol. The number of carbonyl (C=O) groups excluding carboxylic acids is 1. The molecule has 15 heavy (non-hydrogen) atoms. The van der Waals surface area contributed by atoms with Crippen LogP contribution in [0.4, 0.5) is 5.69 Å². The topological polar surface area (TPSA) is 55.1 Å². The zero-order valence-corrected chi connectivity index (χ0v) is 9.65. The van der Waals surface area contributed by atoms with Crippen molar-refractivity contribution < 1.29 is 4.79 Å². The van der Waals surface area contributed by atoms with Gasteiger partial charge in [-0.3, -0.25) is 4.79 Å². The fourth-order valence-corrected chi connectivity index (χ4v) is 1.28. The summed E-state index contributed by atoms with van der Waals surface area (Å²) in [4.78, 5) is 11.6. The van der Waals surface area contributed by atoms with Crippen molar-refractivity contribution in [3.63, 3.8) is 0 Å². The van der Waals surface area contributed by atoms with Crippen LogP contribution in [-0.4, -0.2) is 10.9 Å². The van der Waals surface area contributed by atoms with Crippen LogP contribution < -0.4 is 11.1 Å². The molecule has 0 aliphatic rings. The third-order valence-corrected chi connectivity index (χ3v) is 2.35. The maximum absolute atomic E-state index is 11.2. The molecule has 3 nitrogen and oxygen atoms in total. The van der Waals surface area contributed by atoms with Crippen molar-refractivity contribution in [2.45, 2.75) is 20.3 Å². The maximum Gasteiger partial charge on any atom is 0.224 e. The zero-order chi connectivity index (χ0) is 11.4. The molecule has 0 aliphatic heterocycles. The number of nitrogens with two attached hydrogens (primary N) is 1. The number of carbonyl (C=O) groups is 1. The van der Waals surface area contributed by atoms with Crippen molar-refractivity contribution in [3.05, 3.63) is 29.3 Å². The smallest absolute Gasteiger partial charge is 0.224 e. The van der Waals surface area contributed by atoms with Gasteiger partial charge in [-0.05, 0) is 18.6 Å². The van der Waals surface area contributed by atoms with Crippen molar-refractivity contribution in [1.29, 1.82) is 0 Å². The number of hydrogen-bond acceptors (Lipinski definition) is 2. The van der Waals surface area contributed by atoms with Crippen LogP contribution in [0.3, 0.4) is 0 Å². The molecule has 0 radical (unpaired) electrons. The molecule has 0 saturated carbocycles. The summed E-state index contributed by atoms with van der Waals surface area (Å²) in [5.41, 5.74) is 8.05. The van der Waals surface area contributed by atoms with Crippen molar-refractivity contribution in [2.75, 3.05) is 5.32 Å². The molecule has 0 unspecified atom stereocenters. The lowest BCUT2D eigenvalue weighted by Gasteiger charge is -2.09. The fraction of sp³-hybridized carbons (Fsp3) is 0.273. The summed E-state index contributed by atoms with van der Waals surface area (Å²) in [5, 5.41) is 2.80. The van der Waals surface area contributed by atoms with Crippen LogP contribution in [0.2, 0.25) is 0 Å². The van der Waals surface area contributed by atoms with Gasteiger partial charge in [0.2, 0.25) is 5.91 Å². The Morgan fingerprint density at radius 3 is 2.73 bits per heavy atom. The Hall–Kier alpha value is -1.42. The Balaban J connectivity index is 3.00. The molecule has 1 aromatic carbocycles. The van der Waals surface area contributed by atoms with Gasteiger partial charge < -0.3 is 11.1 Å². The molecule has 0 saturated heterocycles. The molecule has 80 valence electrons. The summed E-state index contributed by atoms with van der Waals surface area (Å²) in [6, 6.07) is 5.53. The summed E-state index contributed by atoms with van der Waals surface area (Å²) in [6.07, 6.45) is 0.455. The molecule has 0 fully saturated rings. The lowest BCUT2D eigenvalue weighted by molar-refractivity contribution is -0.115. The van der Waals surface area contributed by atoms with Crippen LogP contribution in [-0.2, 0) is 4.79 Å². The van der Waals surface area contributed by atoms with E-state index < -0.39 is 0 Å². The molecule has 0 atom stereocenters. The van der Waals surface area contributed by atoms with Crippen LogP contribution in [0.1, 0.15) is 24.5 Å². The van der Waals surface area contributed by atoms with Gasteiger partial charge in [-0.25, -0.2) is 0 Å². The highest BCUT2D eigenvalue weighted by Gasteiger charge is 2.04. The second-order valence-corrected chi connectivity index (χ2v) is 3.74. The minimum atomic E-state index is -0.0156. The molecule has 0 heterocycles. The summed E-state index contributed by atoms with van der Waals surface area (Å²) in [6.45, 7) is 3.73. The van der Waals surface area contributed by atoms with E-state index in [1.165, 1.54) is 0 Å². The Kier molecular flexibility index (Phi) is 3.80. The van der Waals surface area contributed by atoms with Gasteiger partial charge in [0.1, 0.15) is 4.99 Å². The van der Waals surface area contributed by atoms with Gasteiger partial charge in [0.25, 0.3) is 0 Å². The van der Waals surface area contributed by atoms with Crippen molar-refractivity contribution >= 4 is 28.8 Å². The molecule has 1 amide bonds. The predicted octanol–water partition coefficient (Wildman–Crippen LogP) is 1.98. The quantitative estimate of drug-likeness (QED) is 0.769. The summed E-state index contributed by atoms with van der Waals surface area (Å²) in [5.74, 6) is -0.0156. The minimum absolute atomic E-state index is 0.0156. The zero-order valence-electron chi connectivity index (χ0n) is 8.83. The molecule has 4 heteroatoms. The first-order valence-electron chi connectivity index (χ1n) is 4.75. The van der Waals surface area contributed by atoms with E-state index in [1.807, 2.05) is 26.0 Å². The van der Waals surface area contributed by atoms with Gasteiger partial charge in [-0.2, -0.15) is 0 Å². The first-order chi connectivity index (χ1) is 7.04. The molecule has 1 aromatic rings. The number of rotatable bonds is 3. The standard InChI is InChI=1S/C11H14N2OS/c1-3-10(14)13-9-6-8(11(12)15)5-4-7(9)2/h4-6H,3H2,1-2H3,(H2,12,15)(H,13,14). The monoisotopic (exact) mass is 222 g/mol. The van der Waals surface area contributed by atoms with E-state index in [2.05, 4.69) is 5.32 Å². The first kappa shape index (κ1) is 11.7. The summed E-state index contributed by atoms with van der Waals surface area (Å²) >= 11 is 4.87. The van der Waals surface area contributed by atoms with Gasteiger partial charge in [-0.15, -0.1) is 0 Å².